The minimum atomic E-state index is -0.919. The fourth-order valence-corrected chi connectivity index (χ4v) is 2.43. The van der Waals surface area contributed by atoms with Gasteiger partial charge in [-0.15, -0.1) is 0 Å². The molecule has 23 heavy (non-hydrogen) atoms. The van der Waals surface area contributed by atoms with Crippen molar-refractivity contribution in [3.63, 3.8) is 0 Å². The number of ether oxygens (including phenoxy) is 2. The number of esters is 1. The SMILES string of the molecule is COc1ccc(Cl)cc1C(=O)OCC(=O)N[C@](C)(C#N)C1CC1. The molecule has 122 valence electrons. The lowest BCUT2D eigenvalue weighted by atomic mass is 9.98. The van der Waals surface area contributed by atoms with Gasteiger partial charge in [0, 0.05) is 5.02 Å². The average Bonchev–Trinajstić information content (AvgIpc) is 3.37. The lowest BCUT2D eigenvalue weighted by molar-refractivity contribution is -0.125. The lowest BCUT2D eigenvalue weighted by Crippen LogP contribution is -2.48. The van der Waals surface area contributed by atoms with Crippen molar-refractivity contribution in [1.82, 2.24) is 5.32 Å². The second-order valence-corrected chi connectivity index (χ2v) is 5.99. The van der Waals surface area contributed by atoms with Crippen LogP contribution in [0.15, 0.2) is 18.2 Å². The Morgan fingerprint density at radius 3 is 2.74 bits per heavy atom. The molecule has 1 aliphatic carbocycles. The van der Waals surface area contributed by atoms with E-state index in [0.29, 0.717) is 10.8 Å². The van der Waals surface area contributed by atoms with Gasteiger partial charge in [-0.1, -0.05) is 11.6 Å². The molecule has 1 atom stereocenters. The predicted molar refractivity (Wildman–Crippen MR) is 83.2 cm³/mol. The van der Waals surface area contributed by atoms with Crippen LogP contribution in [0.5, 0.6) is 5.75 Å². The monoisotopic (exact) mass is 336 g/mol. The third kappa shape index (κ3) is 4.14. The number of halogens is 1. The first-order valence-electron chi connectivity index (χ1n) is 7.12. The number of methoxy groups -OCH3 is 1. The average molecular weight is 337 g/mol. The smallest absolute Gasteiger partial charge is 0.342 e. The molecule has 1 aliphatic rings. The molecule has 1 aromatic rings. The van der Waals surface area contributed by atoms with E-state index in [0.717, 1.165) is 12.8 Å². The summed E-state index contributed by atoms with van der Waals surface area (Å²) in [6.07, 6.45) is 1.81. The summed E-state index contributed by atoms with van der Waals surface area (Å²) in [4.78, 5) is 24.0. The molecular formula is C16H17ClN2O4. The molecule has 0 aromatic heterocycles. The molecule has 0 unspecified atom stereocenters. The van der Waals surface area contributed by atoms with Crippen LogP contribution in [-0.4, -0.2) is 31.1 Å². The Labute approximate surface area is 139 Å². The zero-order valence-corrected chi connectivity index (χ0v) is 13.6. The normalized spacial score (nSPS) is 15.9. The number of nitriles is 1. The van der Waals surface area contributed by atoms with Crippen LogP contribution in [0.3, 0.4) is 0 Å². The third-order valence-electron chi connectivity index (χ3n) is 3.74. The van der Waals surface area contributed by atoms with Gasteiger partial charge in [0.15, 0.2) is 6.61 Å². The molecule has 1 fully saturated rings. The van der Waals surface area contributed by atoms with Gasteiger partial charge in [-0.25, -0.2) is 4.79 Å². The van der Waals surface area contributed by atoms with Gasteiger partial charge in [0.1, 0.15) is 16.9 Å². The Morgan fingerprint density at radius 2 is 2.17 bits per heavy atom. The Kier molecular flexibility index (Phi) is 5.12. The molecule has 0 heterocycles. The van der Waals surface area contributed by atoms with E-state index in [-0.39, 0.29) is 11.5 Å². The zero-order chi connectivity index (χ0) is 17.0. The fraction of sp³-hybridized carbons (Fsp3) is 0.438. The number of hydrogen-bond acceptors (Lipinski definition) is 5. The summed E-state index contributed by atoms with van der Waals surface area (Å²) in [6.45, 7) is 1.20. The molecule has 0 bridgehead atoms. The molecule has 7 heteroatoms. The van der Waals surface area contributed by atoms with Crippen LogP contribution in [0.1, 0.15) is 30.1 Å². The van der Waals surface area contributed by atoms with Crippen molar-refractivity contribution in [2.75, 3.05) is 13.7 Å². The minimum Gasteiger partial charge on any atom is -0.496 e. The highest BCUT2D eigenvalue weighted by molar-refractivity contribution is 6.31. The third-order valence-corrected chi connectivity index (χ3v) is 3.98. The van der Waals surface area contributed by atoms with Crippen LogP contribution in [0.4, 0.5) is 0 Å². The first-order valence-corrected chi connectivity index (χ1v) is 7.50. The van der Waals surface area contributed by atoms with E-state index in [1.54, 1.807) is 19.1 Å². The molecule has 0 saturated heterocycles. The van der Waals surface area contributed by atoms with E-state index in [1.807, 2.05) is 0 Å². The summed E-state index contributed by atoms with van der Waals surface area (Å²) in [5, 5.41) is 12.2. The number of amides is 1. The van der Waals surface area contributed by atoms with Gasteiger partial charge in [-0.2, -0.15) is 5.26 Å². The quantitative estimate of drug-likeness (QED) is 0.805. The van der Waals surface area contributed by atoms with Crippen molar-refractivity contribution >= 4 is 23.5 Å². The van der Waals surface area contributed by atoms with Gasteiger partial charge in [0.25, 0.3) is 5.91 Å². The van der Waals surface area contributed by atoms with Crippen molar-refractivity contribution in [2.24, 2.45) is 5.92 Å². The Balaban J connectivity index is 1.95. The van der Waals surface area contributed by atoms with E-state index in [1.165, 1.54) is 13.2 Å². The van der Waals surface area contributed by atoms with Gasteiger partial charge in [-0.05, 0) is 43.9 Å². The molecule has 6 nitrogen and oxygen atoms in total. The fourth-order valence-electron chi connectivity index (χ4n) is 2.26. The first-order chi connectivity index (χ1) is 10.9. The van der Waals surface area contributed by atoms with Gasteiger partial charge in [-0.3, -0.25) is 4.79 Å². The molecule has 2 rings (SSSR count). The summed E-state index contributed by atoms with van der Waals surface area (Å²) < 4.78 is 10.0. The van der Waals surface area contributed by atoms with Crippen LogP contribution in [0, 0.1) is 17.2 Å². The highest BCUT2D eigenvalue weighted by Crippen LogP contribution is 2.39. The van der Waals surface area contributed by atoms with E-state index >= 15 is 0 Å². The minimum absolute atomic E-state index is 0.137. The number of benzene rings is 1. The van der Waals surface area contributed by atoms with Crippen LogP contribution >= 0.6 is 11.6 Å². The number of carbonyl (C=O) groups is 2. The number of nitrogens with zero attached hydrogens (tertiary/aromatic N) is 1. The topological polar surface area (TPSA) is 88.4 Å². The summed E-state index contributed by atoms with van der Waals surface area (Å²) in [6, 6.07) is 6.64. The van der Waals surface area contributed by atoms with Crippen molar-refractivity contribution in [3.05, 3.63) is 28.8 Å². The molecule has 1 aromatic carbocycles. The zero-order valence-electron chi connectivity index (χ0n) is 12.9. The van der Waals surface area contributed by atoms with Crippen molar-refractivity contribution < 1.29 is 19.1 Å². The van der Waals surface area contributed by atoms with E-state index in [4.69, 9.17) is 21.1 Å². The molecule has 1 N–H and O–H groups in total. The van der Waals surface area contributed by atoms with Crippen molar-refractivity contribution in [3.8, 4) is 11.8 Å². The standard InChI is InChI=1S/C16H17ClN2O4/c1-16(9-18,10-3-4-10)19-14(20)8-23-15(21)12-7-11(17)5-6-13(12)22-2/h5-7,10H,3-4,8H2,1-2H3,(H,19,20)/t16-/m1/s1. The maximum Gasteiger partial charge on any atom is 0.342 e. The van der Waals surface area contributed by atoms with Gasteiger partial charge in [0.2, 0.25) is 0 Å². The maximum absolute atomic E-state index is 12.1. The van der Waals surface area contributed by atoms with Crippen LogP contribution in [0.25, 0.3) is 0 Å². The largest absolute Gasteiger partial charge is 0.496 e. The summed E-state index contributed by atoms with van der Waals surface area (Å²) >= 11 is 5.85. The molecule has 0 radical (unpaired) electrons. The highest BCUT2D eigenvalue weighted by atomic mass is 35.5. The van der Waals surface area contributed by atoms with E-state index in [2.05, 4.69) is 11.4 Å². The van der Waals surface area contributed by atoms with Crippen molar-refractivity contribution in [2.45, 2.75) is 25.3 Å². The second kappa shape index (κ2) is 6.88. The molecule has 0 spiro atoms. The summed E-state index contributed by atoms with van der Waals surface area (Å²) in [7, 11) is 1.42. The van der Waals surface area contributed by atoms with Crippen LogP contribution in [-0.2, 0) is 9.53 Å². The van der Waals surface area contributed by atoms with Gasteiger partial charge >= 0.3 is 5.97 Å². The Bertz CT molecular complexity index is 667. The number of rotatable bonds is 6. The molecule has 1 saturated carbocycles. The first kappa shape index (κ1) is 17.1. The van der Waals surface area contributed by atoms with Crippen LogP contribution < -0.4 is 10.1 Å². The predicted octanol–water partition coefficient (Wildman–Crippen LogP) is 2.31. The van der Waals surface area contributed by atoms with E-state index in [9.17, 15) is 14.9 Å². The summed E-state index contributed by atoms with van der Waals surface area (Å²) in [5.74, 6) is -0.778. The lowest BCUT2D eigenvalue weighted by Gasteiger charge is -2.22. The van der Waals surface area contributed by atoms with Crippen LogP contribution in [0.2, 0.25) is 5.02 Å². The molecule has 0 aliphatic heterocycles. The van der Waals surface area contributed by atoms with Gasteiger partial charge in [0.05, 0.1) is 13.2 Å². The number of hydrogen-bond donors (Lipinski definition) is 1. The summed E-state index contributed by atoms with van der Waals surface area (Å²) in [5.41, 5.74) is -0.782. The Hall–Kier alpha value is -2.26. The Morgan fingerprint density at radius 1 is 1.48 bits per heavy atom. The van der Waals surface area contributed by atoms with Crippen molar-refractivity contribution in [1.29, 1.82) is 5.26 Å². The number of carbonyl (C=O) groups excluding carboxylic acids is 2. The number of nitrogens with one attached hydrogen (secondary N) is 1. The molecule has 1 amide bonds. The maximum atomic E-state index is 12.1. The van der Waals surface area contributed by atoms with E-state index < -0.39 is 24.0 Å². The second-order valence-electron chi connectivity index (χ2n) is 5.56. The van der Waals surface area contributed by atoms with Gasteiger partial charge < -0.3 is 14.8 Å². The highest BCUT2D eigenvalue weighted by Gasteiger charge is 2.43. The molecular weight excluding hydrogens is 320 g/mol.